The van der Waals surface area contributed by atoms with Crippen LogP contribution in [0.2, 0.25) is 0 Å². The number of aromatic amines is 1. The summed E-state index contributed by atoms with van der Waals surface area (Å²) >= 11 is 0. The molecule has 2 N–H and O–H groups in total. The van der Waals surface area contributed by atoms with Gasteiger partial charge in [-0.05, 0) is 31.5 Å². The summed E-state index contributed by atoms with van der Waals surface area (Å²) in [5, 5.41) is 2.83. The molecule has 7 nitrogen and oxygen atoms in total. The largest absolute Gasteiger partial charge is 0.348 e. The van der Waals surface area contributed by atoms with Gasteiger partial charge < -0.3 is 14.9 Å². The lowest BCUT2D eigenvalue weighted by Crippen LogP contribution is -2.36. The summed E-state index contributed by atoms with van der Waals surface area (Å²) in [5.41, 5.74) is 4.22. The van der Waals surface area contributed by atoms with Crippen molar-refractivity contribution in [2.24, 2.45) is 0 Å². The van der Waals surface area contributed by atoms with Gasteiger partial charge in [0.25, 0.3) is 0 Å². The molecule has 0 fully saturated rings. The van der Waals surface area contributed by atoms with E-state index in [4.69, 9.17) is 0 Å². The van der Waals surface area contributed by atoms with E-state index >= 15 is 0 Å². The summed E-state index contributed by atoms with van der Waals surface area (Å²) in [5.74, 6) is 0.996. The predicted molar refractivity (Wildman–Crippen MR) is 108 cm³/mol. The molecule has 0 aliphatic carbocycles. The molecule has 3 aromatic rings. The summed E-state index contributed by atoms with van der Waals surface area (Å²) in [4.78, 5) is 26.2. The number of anilines is 1. The Morgan fingerprint density at radius 2 is 2.07 bits per heavy atom. The number of aromatic nitrogens is 4. The van der Waals surface area contributed by atoms with Crippen LogP contribution in [0.1, 0.15) is 55.6 Å². The summed E-state index contributed by atoms with van der Waals surface area (Å²) in [6.07, 6.45) is 6.64. The van der Waals surface area contributed by atoms with Crippen LogP contribution >= 0.6 is 0 Å². The number of rotatable bonds is 5. The minimum atomic E-state index is -0.0675. The normalized spacial score (nSPS) is 16.9. The quantitative estimate of drug-likeness (QED) is 0.714. The van der Waals surface area contributed by atoms with Crippen molar-refractivity contribution in [3.63, 3.8) is 0 Å². The minimum absolute atomic E-state index is 0.0543. The molecule has 1 aromatic carbocycles. The molecule has 1 amide bonds. The molecule has 1 aliphatic heterocycles. The monoisotopic (exact) mass is 378 g/mol. The highest BCUT2D eigenvalue weighted by Gasteiger charge is 2.31. The molecule has 3 heterocycles. The molecule has 4 rings (SSSR count). The van der Waals surface area contributed by atoms with E-state index < -0.39 is 0 Å². The average molecular weight is 378 g/mol. The minimum Gasteiger partial charge on any atom is -0.348 e. The molecule has 0 saturated heterocycles. The summed E-state index contributed by atoms with van der Waals surface area (Å²) in [6.45, 7) is 7.55. The van der Waals surface area contributed by atoms with Crippen LogP contribution in [0.15, 0.2) is 43.0 Å². The molecule has 1 atom stereocenters. The smallest absolute Gasteiger partial charge is 0.221 e. The van der Waals surface area contributed by atoms with Crippen LogP contribution in [-0.4, -0.2) is 36.9 Å². The van der Waals surface area contributed by atoms with Crippen molar-refractivity contribution in [2.75, 3.05) is 11.9 Å². The van der Waals surface area contributed by atoms with Crippen molar-refractivity contribution in [2.45, 2.75) is 45.8 Å². The predicted octanol–water partition coefficient (Wildman–Crippen LogP) is 3.29. The first-order chi connectivity index (χ1) is 13.5. The van der Waals surface area contributed by atoms with E-state index in [0.29, 0.717) is 6.04 Å². The van der Waals surface area contributed by atoms with Gasteiger partial charge in [0.2, 0.25) is 5.91 Å². The van der Waals surface area contributed by atoms with E-state index in [1.165, 1.54) is 12.6 Å². The molecule has 0 radical (unpaired) electrons. The Morgan fingerprint density at radius 3 is 2.79 bits per heavy atom. The number of benzene rings is 1. The Morgan fingerprint density at radius 1 is 1.29 bits per heavy atom. The number of nitrogens with zero attached hydrogens (tertiary/aromatic N) is 4. The average Bonchev–Trinajstić information content (AvgIpc) is 3.31. The first-order valence-corrected chi connectivity index (χ1v) is 9.68. The Labute approximate surface area is 164 Å². The van der Waals surface area contributed by atoms with Gasteiger partial charge in [-0.25, -0.2) is 9.97 Å². The maximum atomic E-state index is 11.3. The zero-order valence-corrected chi connectivity index (χ0v) is 16.5. The van der Waals surface area contributed by atoms with Crippen molar-refractivity contribution in [1.82, 2.24) is 24.4 Å². The summed E-state index contributed by atoms with van der Waals surface area (Å²) in [7, 11) is 0. The number of amides is 1. The summed E-state index contributed by atoms with van der Waals surface area (Å²) in [6, 6.07) is 8.47. The molecule has 2 aromatic heterocycles. The summed E-state index contributed by atoms with van der Waals surface area (Å²) < 4.78 is 2.22. The molecule has 0 bridgehead atoms. The Hall–Kier alpha value is -2.93. The zero-order chi connectivity index (χ0) is 19.7. The second-order valence-corrected chi connectivity index (χ2v) is 7.54. The Bertz CT molecular complexity index is 955. The van der Waals surface area contributed by atoms with Crippen LogP contribution in [0.3, 0.4) is 0 Å². The lowest BCUT2D eigenvalue weighted by molar-refractivity contribution is -0.114. The molecule has 0 saturated carbocycles. The van der Waals surface area contributed by atoms with Crippen molar-refractivity contribution in [3.8, 4) is 0 Å². The highest BCUT2D eigenvalue weighted by Crippen LogP contribution is 2.34. The fourth-order valence-corrected chi connectivity index (χ4v) is 3.93. The number of hydrogen-bond donors (Lipinski definition) is 2. The van der Waals surface area contributed by atoms with Crippen LogP contribution in [0.5, 0.6) is 0 Å². The zero-order valence-electron chi connectivity index (χ0n) is 16.5. The molecule has 28 heavy (non-hydrogen) atoms. The molecule has 0 spiro atoms. The topological polar surface area (TPSA) is 78.8 Å². The maximum Gasteiger partial charge on any atom is 0.221 e. The van der Waals surface area contributed by atoms with Crippen LogP contribution < -0.4 is 5.32 Å². The van der Waals surface area contributed by atoms with E-state index in [-0.39, 0.29) is 11.9 Å². The number of imidazole rings is 2. The van der Waals surface area contributed by atoms with Crippen molar-refractivity contribution in [1.29, 1.82) is 0 Å². The molecule has 1 aliphatic rings. The Balaban J connectivity index is 1.66. The highest BCUT2D eigenvalue weighted by atomic mass is 16.1. The van der Waals surface area contributed by atoms with Gasteiger partial charge in [0.05, 0.1) is 24.6 Å². The van der Waals surface area contributed by atoms with Gasteiger partial charge in [0, 0.05) is 49.7 Å². The third kappa shape index (κ3) is 3.57. The number of fused-ring (bicyclic) bond motifs is 1. The van der Waals surface area contributed by atoms with Crippen LogP contribution in [-0.2, 0) is 17.8 Å². The van der Waals surface area contributed by atoms with E-state index in [0.717, 1.165) is 42.3 Å². The van der Waals surface area contributed by atoms with Crippen molar-refractivity contribution < 1.29 is 4.79 Å². The van der Waals surface area contributed by atoms with Gasteiger partial charge in [-0.3, -0.25) is 9.69 Å². The second-order valence-electron chi connectivity index (χ2n) is 7.54. The van der Waals surface area contributed by atoms with Gasteiger partial charge in [-0.15, -0.1) is 0 Å². The van der Waals surface area contributed by atoms with Gasteiger partial charge in [-0.1, -0.05) is 12.1 Å². The third-order valence-electron chi connectivity index (χ3n) is 5.22. The molecule has 1 unspecified atom stereocenters. The van der Waals surface area contributed by atoms with Crippen LogP contribution in [0.25, 0.3) is 0 Å². The molecule has 7 heteroatoms. The SMILES string of the molecule is CC(=O)Nc1ccc(C2c3nc[nH]c3CCN2Cc2nccn2C(C)C)cc1. The number of nitrogens with one attached hydrogen (secondary N) is 2. The van der Waals surface area contributed by atoms with Gasteiger partial charge in [0.1, 0.15) is 5.82 Å². The lowest BCUT2D eigenvalue weighted by Gasteiger charge is -2.35. The second kappa shape index (κ2) is 7.59. The van der Waals surface area contributed by atoms with E-state index in [1.54, 1.807) is 6.33 Å². The first kappa shape index (κ1) is 18.4. The van der Waals surface area contributed by atoms with E-state index in [9.17, 15) is 4.79 Å². The standard InChI is InChI=1S/C21H26N6O/c1-14(2)27-11-9-22-19(27)12-26-10-8-18-20(24-13-23-18)21(26)16-4-6-17(7-5-16)25-15(3)28/h4-7,9,11,13-14,21H,8,10,12H2,1-3H3,(H,23,24)(H,25,28). The first-order valence-electron chi connectivity index (χ1n) is 9.68. The van der Waals surface area contributed by atoms with Gasteiger partial charge in [-0.2, -0.15) is 0 Å². The third-order valence-corrected chi connectivity index (χ3v) is 5.22. The van der Waals surface area contributed by atoms with Gasteiger partial charge >= 0.3 is 0 Å². The van der Waals surface area contributed by atoms with Gasteiger partial charge in [0.15, 0.2) is 0 Å². The van der Waals surface area contributed by atoms with Crippen molar-refractivity contribution >= 4 is 11.6 Å². The van der Waals surface area contributed by atoms with E-state index in [1.807, 2.05) is 24.5 Å². The fourth-order valence-electron chi connectivity index (χ4n) is 3.93. The molecular formula is C21H26N6O. The van der Waals surface area contributed by atoms with Crippen molar-refractivity contribution in [3.05, 3.63) is 65.8 Å². The number of H-pyrrole nitrogens is 1. The van der Waals surface area contributed by atoms with Crippen LogP contribution in [0.4, 0.5) is 5.69 Å². The fraction of sp³-hybridized carbons (Fsp3) is 0.381. The molecular weight excluding hydrogens is 352 g/mol. The van der Waals surface area contributed by atoms with E-state index in [2.05, 4.69) is 55.7 Å². The number of carbonyl (C=O) groups excluding carboxylic acids is 1. The number of hydrogen-bond acceptors (Lipinski definition) is 4. The maximum absolute atomic E-state index is 11.3. The Kier molecular flexibility index (Phi) is 5.00. The molecule has 146 valence electrons. The lowest BCUT2D eigenvalue weighted by atomic mass is 9.95. The highest BCUT2D eigenvalue weighted by molar-refractivity contribution is 5.88. The van der Waals surface area contributed by atoms with Crippen LogP contribution in [0, 0.1) is 0 Å². The number of carbonyl (C=O) groups is 1.